The molecule has 0 bridgehead atoms. The highest BCUT2D eigenvalue weighted by molar-refractivity contribution is 6.37. The molecule has 0 spiro atoms. The molecule has 0 N–H and O–H groups in total. The summed E-state index contributed by atoms with van der Waals surface area (Å²) in [6, 6.07) is 0. The topological polar surface area (TPSA) is 27.7 Å². The van der Waals surface area contributed by atoms with Crippen molar-refractivity contribution in [1.82, 2.24) is 0 Å². The Kier molecular flexibility index (Phi) is 3.50. The molecule has 1 aliphatic heterocycles. The highest BCUT2D eigenvalue weighted by Gasteiger charge is 2.44. The van der Waals surface area contributed by atoms with E-state index < -0.39 is 7.32 Å². The fraction of sp³-hybridized carbons (Fsp3) is 1.00. The summed E-state index contributed by atoms with van der Waals surface area (Å²) in [6.45, 7) is 16.5. The number of hydrogen-bond acceptors (Lipinski definition) is 3. The number of hydrogen-bond donors (Lipinski definition) is 0. The third-order valence-corrected chi connectivity index (χ3v) is 4.02. The van der Waals surface area contributed by atoms with E-state index in [9.17, 15) is 0 Å². The largest absolute Gasteiger partial charge is 0.562 e. The minimum absolute atomic E-state index is 0.249. The summed E-state index contributed by atoms with van der Waals surface area (Å²) in [5.41, 5.74) is -0.906. The second-order valence-electron chi connectivity index (χ2n) is 6.42. The first kappa shape index (κ1) is 14.0. The van der Waals surface area contributed by atoms with Crippen molar-refractivity contribution in [2.24, 2.45) is 5.92 Å². The molecule has 0 amide bonds. The van der Waals surface area contributed by atoms with Gasteiger partial charge in [0, 0.05) is 16.8 Å². The summed E-state index contributed by atoms with van der Waals surface area (Å²) in [7, 11) is -0.567. The van der Waals surface area contributed by atoms with Crippen LogP contribution in [0.25, 0.3) is 0 Å². The molecule has 16 heavy (non-hydrogen) atoms. The van der Waals surface area contributed by atoms with Crippen LogP contribution in [-0.2, 0) is 14.0 Å². The minimum Gasteiger partial charge on any atom is -0.562 e. The molecule has 0 aromatic heterocycles. The van der Waals surface area contributed by atoms with Gasteiger partial charge in [-0.15, -0.1) is 0 Å². The number of rotatable bonds is 3. The lowest BCUT2D eigenvalue weighted by molar-refractivity contribution is 0.00218. The maximum Gasteiger partial charge on any atom is 0.305 e. The first-order valence-electron chi connectivity index (χ1n) is 6.01. The Bertz CT molecular complexity index is 243. The van der Waals surface area contributed by atoms with E-state index >= 15 is 0 Å². The van der Waals surface area contributed by atoms with Crippen molar-refractivity contribution in [2.75, 3.05) is 0 Å². The van der Waals surface area contributed by atoms with E-state index in [4.69, 9.17) is 14.0 Å². The first-order chi connectivity index (χ1) is 6.98. The second kappa shape index (κ2) is 4.00. The van der Waals surface area contributed by atoms with Gasteiger partial charge >= 0.3 is 7.32 Å². The Hall–Kier alpha value is -0.0551. The van der Waals surface area contributed by atoms with Crippen molar-refractivity contribution in [1.29, 1.82) is 0 Å². The zero-order valence-electron chi connectivity index (χ0n) is 11.9. The quantitative estimate of drug-likeness (QED) is 0.695. The van der Waals surface area contributed by atoms with E-state index in [2.05, 4.69) is 27.7 Å². The molecule has 0 aromatic carbocycles. The molecule has 1 fully saturated rings. The van der Waals surface area contributed by atoms with Crippen molar-refractivity contribution < 1.29 is 14.0 Å². The smallest absolute Gasteiger partial charge is 0.305 e. The zero-order chi connectivity index (χ0) is 12.8. The SMILES string of the molecule is CC(C)C(C)(C)O[B-]1OC(C)(C)C(C)(C)O1. The lowest BCUT2D eigenvalue weighted by Crippen LogP contribution is -2.41. The predicted molar refractivity (Wildman–Crippen MR) is 66.1 cm³/mol. The molecule has 4 heteroatoms. The molecule has 3 nitrogen and oxygen atoms in total. The molecule has 0 aromatic rings. The maximum atomic E-state index is 5.89. The highest BCUT2D eigenvalue weighted by atomic mass is 16.8. The van der Waals surface area contributed by atoms with Crippen molar-refractivity contribution in [3.05, 3.63) is 0 Å². The lowest BCUT2D eigenvalue weighted by Gasteiger charge is -2.40. The van der Waals surface area contributed by atoms with Gasteiger partial charge in [-0.1, -0.05) is 13.8 Å². The van der Waals surface area contributed by atoms with Gasteiger partial charge in [0.15, 0.2) is 0 Å². The summed E-state index contributed by atoms with van der Waals surface area (Å²) >= 11 is 0. The van der Waals surface area contributed by atoms with Crippen LogP contribution in [0.1, 0.15) is 55.4 Å². The summed E-state index contributed by atoms with van der Waals surface area (Å²) in [6.07, 6.45) is 0. The summed E-state index contributed by atoms with van der Waals surface area (Å²) in [4.78, 5) is 0. The first-order valence-corrected chi connectivity index (χ1v) is 6.01. The summed E-state index contributed by atoms with van der Waals surface area (Å²) in [5.74, 6) is 0.409. The van der Waals surface area contributed by atoms with E-state index in [1.54, 1.807) is 0 Å². The zero-order valence-corrected chi connectivity index (χ0v) is 11.9. The Balaban J connectivity index is 2.68. The van der Waals surface area contributed by atoms with Crippen LogP contribution >= 0.6 is 0 Å². The van der Waals surface area contributed by atoms with Gasteiger partial charge in [-0.25, -0.2) is 0 Å². The highest BCUT2D eigenvalue weighted by Crippen LogP contribution is 2.38. The Morgan fingerprint density at radius 3 is 1.69 bits per heavy atom. The second-order valence-corrected chi connectivity index (χ2v) is 6.42. The fourth-order valence-corrected chi connectivity index (χ4v) is 1.22. The van der Waals surface area contributed by atoms with Gasteiger partial charge in [0.1, 0.15) is 0 Å². The molecule has 1 saturated heterocycles. The summed E-state index contributed by atoms with van der Waals surface area (Å²) in [5, 5.41) is 0. The molecular formula is C12H25BO3-. The van der Waals surface area contributed by atoms with Crippen LogP contribution in [0.3, 0.4) is 0 Å². The van der Waals surface area contributed by atoms with Crippen molar-refractivity contribution in [3.8, 4) is 0 Å². The van der Waals surface area contributed by atoms with Crippen LogP contribution in [0.4, 0.5) is 0 Å². The van der Waals surface area contributed by atoms with E-state index in [-0.39, 0.29) is 16.8 Å². The van der Waals surface area contributed by atoms with Crippen LogP contribution in [0, 0.1) is 5.92 Å². The van der Waals surface area contributed by atoms with E-state index in [1.807, 2.05) is 27.7 Å². The van der Waals surface area contributed by atoms with Gasteiger partial charge < -0.3 is 14.0 Å². The van der Waals surface area contributed by atoms with Crippen molar-refractivity contribution in [3.63, 3.8) is 0 Å². The molecule has 0 aliphatic carbocycles. The van der Waals surface area contributed by atoms with Gasteiger partial charge in [-0.05, 0) is 47.5 Å². The van der Waals surface area contributed by atoms with Gasteiger partial charge in [0.25, 0.3) is 0 Å². The molecule has 1 rings (SSSR count). The van der Waals surface area contributed by atoms with Crippen molar-refractivity contribution >= 4 is 7.32 Å². The summed E-state index contributed by atoms with van der Waals surface area (Å²) < 4.78 is 17.5. The Morgan fingerprint density at radius 2 is 1.38 bits per heavy atom. The molecule has 95 valence electrons. The van der Waals surface area contributed by atoms with E-state index in [0.717, 1.165) is 0 Å². The van der Waals surface area contributed by atoms with Crippen LogP contribution in [0.5, 0.6) is 0 Å². The van der Waals surface area contributed by atoms with E-state index in [1.165, 1.54) is 0 Å². The Morgan fingerprint density at radius 1 is 1.00 bits per heavy atom. The van der Waals surface area contributed by atoms with Gasteiger partial charge in [0.05, 0.1) is 0 Å². The van der Waals surface area contributed by atoms with E-state index in [0.29, 0.717) is 5.92 Å². The third-order valence-electron chi connectivity index (χ3n) is 4.02. The standard InChI is InChI=1S/C12H25BO3/c1-9(2)10(3,4)14-13-15-11(5,6)12(7,8)16-13/h9H,1-8H3/q-1. The van der Waals surface area contributed by atoms with Crippen LogP contribution < -0.4 is 0 Å². The van der Waals surface area contributed by atoms with Crippen LogP contribution in [0.2, 0.25) is 0 Å². The molecule has 1 heterocycles. The molecule has 0 atom stereocenters. The fourth-order valence-electron chi connectivity index (χ4n) is 1.22. The molecule has 1 radical (unpaired) electrons. The van der Waals surface area contributed by atoms with Crippen molar-refractivity contribution in [2.45, 2.75) is 72.2 Å². The monoisotopic (exact) mass is 228 g/mol. The van der Waals surface area contributed by atoms with Gasteiger partial charge in [0.2, 0.25) is 0 Å². The van der Waals surface area contributed by atoms with Crippen LogP contribution in [0.15, 0.2) is 0 Å². The lowest BCUT2D eigenvalue weighted by atomic mass is 9.90. The average molecular weight is 228 g/mol. The Labute approximate surface area is 100 Å². The van der Waals surface area contributed by atoms with Crippen LogP contribution in [-0.4, -0.2) is 24.1 Å². The van der Waals surface area contributed by atoms with Gasteiger partial charge in [-0.3, -0.25) is 0 Å². The molecule has 0 saturated carbocycles. The molecule has 1 aliphatic rings. The predicted octanol–water partition coefficient (Wildman–Crippen LogP) is 3.03. The van der Waals surface area contributed by atoms with Gasteiger partial charge in [-0.2, -0.15) is 0 Å². The average Bonchev–Trinajstić information content (AvgIpc) is 2.17. The maximum absolute atomic E-state index is 5.89. The normalized spacial score (nSPS) is 25.3. The molecule has 0 unspecified atom stereocenters. The minimum atomic E-state index is -0.567. The third kappa shape index (κ3) is 2.61. The molecular weight excluding hydrogens is 203 g/mol.